The van der Waals surface area contributed by atoms with E-state index in [0.29, 0.717) is 23.3 Å². The van der Waals surface area contributed by atoms with Crippen LogP contribution in [0.15, 0.2) is 54.7 Å². The molecule has 0 spiro atoms. The third-order valence-electron chi connectivity index (χ3n) is 11.0. The standard InChI is InChI=1S/C36H40ClN5O4/c1-41(18-24-6-2-4-8-28(24)37)33(45)30(11-25-17-39-29-9-5-3-7-27(25)29)40-32(44)31-12-26(43)19-42(31)34(46)36-15-22-10-23(16-36)14-35(13-22,20-36)21-38/h2-9,17,22-23,26,30-31,39,43H,10-16,18-20H2,1H3,(H,40,44). The van der Waals surface area contributed by atoms with Gasteiger partial charge in [0, 0.05) is 55.1 Å². The lowest BCUT2D eigenvalue weighted by Crippen LogP contribution is -2.60. The van der Waals surface area contributed by atoms with Crippen molar-refractivity contribution >= 4 is 40.2 Å². The minimum absolute atomic E-state index is 0.0705. The number of nitriles is 1. The number of amides is 3. The largest absolute Gasteiger partial charge is 0.391 e. The van der Waals surface area contributed by atoms with Crippen molar-refractivity contribution in [3.63, 3.8) is 0 Å². The van der Waals surface area contributed by atoms with Gasteiger partial charge in [-0.2, -0.15) is 5.26 Å². The zero-order valence-corrected chi connectivity index (χ0v) is 26.8. The number of carbonyl (C=O) groups excluding carboxylic acids is 3. The highest BCUT2D eigenvalue weighted by Gasteiger charge is 2.62. The lowest BCUT2D eigenvalue weighted by atomic mass is 9.44. The van der Waals surface area contributed by atoms with Gasteiger partial charge in [-0.1, -0.05) is 48.0 Å². The first kappa shape index (κ1) is 30.8. The third-order valence-corrected chi connectivity index (χ3v) is 11.4. The Morgan fingerprint density at radius 3 is 2.54 bits per heavy atom. The highest BCUT2D eigenvalue weighted by atomic mass is 35.5. The Hall–Kier alpha value is -3.87. The molecule has 1 aromatic heterocycles. The van der Waals surface area contributed by atoms with Crippen LogP contribution in [-0.4, -0.2) is 69.4 Å². The normalized spacial score (nSPS) is 30.3. The van der Waals surface area contributed by atoms with Crippen molar-refractivity contribution in [2.75, 3.05) is 13.6 Å². The molecule has 0 radical (unpaired) electrons. The number of H-pyrrole nitrogens is 1. The number of halogens is 1. The van der Waals surface area contributed by atoms with Crippen molar-refractivity contribution in [1.29, 1.82) is 5.26 Å². The van der Waals surface area contributed by atoms with Gasteiger partial charge >= 0.3 is 0 Å². The van der Waals surface area contributed by atoms with Crippen LogP contribution in [0.1, 0.15) is 56.1 Å². The number of β-amino-alcohol motifs (C(OH)–C–C–N with tert-alkyl or cyclic N) is 1. The summed E-state index contributed by atoms with van der Waals surface area (Å²) in [5, 5.41) is 25.4. The van der Waals surface area contributed by atoms with E-state index in [2.05, 4.69) is 16.4 Å². The van der Waals surface area contributed by atoms with Crippen molar-refractivity contribution in [3.05, 3.63) is 70.9 Å². The SMILES string of the molecule is CN(Cc1ccccc1Cl)C(=O)C(Cc1c[nH]c2ccccc12)NC(=O)C1CC(O)CN1C(=O)C12CC3CC(CC(C#N)(C3)C1)C2. The van der Waals surface area contributed by atoms with Crippen molar-refractivity contribution in [2.45, 2.75) is 76.1 Å². The summed E-state index contributed by atoms with van der Waals surface area (Å²) in [6, 6.07) is 15.9. The second kappa shape index (κ2) is 11.7. The van der Waals surface area contributed by atoms with E-state index in [-0.39, 0.29) is 37.7 Å². The molecule has 1 aliphatic heterocycles. The third kappa shape index (κ3) is 5.46. The smallest absolute Gasteiger partial charge is 0.245 e. The maximum Gasteiger partial charge on any atom is 0.245 e. The fraction of sp³-hybridized carbons (Fsp3) is 0.500. The number of likely N-dealkylation sites (tertiary alicyclic amines) is 1. The molecule has 10 heteroatoms. The number of hydrogen-bond donors (Lipinski definition) is 3. The van der Waals surface area contributed by atoms with Crippen molar-refractivity contribution in [3.8, 4) is 6.07 Å². The molecule has 5 fully saturated rings. The quantitative estimate of drug-likeness (QED) is 0.332. The van der Waals surface area contributed by atoms with E-state index in [4.69, 9.17) is 11.6 Å². The molecule has 9 nitrogen and oxygen atoms in total. The van der Waals surface area contributed by atoms with E-state index < -0.39 is 34.9 Å². The summed E-state index contributed by atoms with van der Waals surface area (Å²) in [7, 11) is 1.69. The zero-order chi connectivity index (χ0) is 32.2. The number of rotatable bonds is 8. The lowest BCUT2D eigenvalue weighted by Gasteiger charge is -2.59. The van der Waals surface area contributed by atoms with Crippen LogP contribution >= 0.6 is 11.6 Å². The van der Waals surface area contributed by atoms with Gasteiger partial charge in [-0.3, -0.25) is 14.4 Å². The van der Waals surface area contributed by atoms with Gasteiger partial charge in [-0.25, -0.2) is 0 Å². The number of aromatic nitrogens is 1. The number of aromatic amines is 1. The first-order valence-electron chi connectivity index (χ1n) is 16.3. The van der Waals surface area contributed by atoms with Crippen molar-refractivity contribution in [1.82, 2.24) is 20.1 Å². The number of likely N-dealkylation sites (N-methyl/N-ethyl adjacent to an activating group) is 1. The molecule has 4 saturated carbocycles. The van der Waals surface area contributed by atoms with Gasteiger partial charge in [-0.05, 0) is 73.6 Å². The number of carbonyl (C=O) groups is 3. The zero-order valence-electron chi connectivity index (χ0n) is 26.0. The Balaban J connectivity index is 1.14. The molecule has 2 aromatic carbocycles. The van der Waals surface area contributed by atoms with Gasteiger partial charge in [-0.15, -0.1) is 0 Å². The number of hydrogen-bond acceptors (Lipinski definition) is 5. The number of fused-ring (bicyclic) bond motifs is 1. The van der Waals surface area contributed by atoms with E-state index >= 15 is 0 Å². The summed E-state index contributed by atoms with van der Waals surface area (Å²) in [5.41, 5.74) is 1.46. The number of nitrogens with one attached hydrogen (secondary N) is 2. The van der Waals surface area contributed by atoms with Crippen molar-refractivity contribution in [2.24, 2.45) is 22.7 Å². The molecule has 5 atom stereocenters. The Kier molecular flexibility index (Phi) is 7.85. The van der Waals surface area contributed by atoms with Gasteiger partial charge in [0.2, 0.25) is 17.7 Å². The molecular weight excluding hydrogens is 602 g/mol. The van der Waals surface area contributed by atoms with Gasteiger partial charge in [0.25, 0.3) is 0 Å². The van der Waals surface area contributed by atoms with Gasteiger partial charge < -0.3 is 25.2 Å². The van der Waals surface area contributed by atoms with Gasteiger partial charge in [0.1, 0.15) is 12.1 Å². The molecule has 46 heavy (non-hydrogen) atoms. The molecule has 1 saturated heterocycles. The summed E-state index contributed by atoms with van der Waals surface area (Å²) >= 11 is 6.40. The predicted octanol–water partition coefficient (Wildman–Crippen LogP) is 4.58. The van der Waals surface area contributed by atoms with E-state index in [1.165, 1.54) is 0 Å². The van der Waals surface area contributed by atoms with Crippen LogP contribution in [0.2, 0.25) is 5.02 Å². The minimum atomic E-state index is -0.921. The molecule has 240 valence electrons. The first-order chi connectivity index (χ1) is 22.1. The maximum atomic E-state index is 14.4. The fourth-order valence-corrected chi connectivity index (χ4v) is 9.64. The van der Waals surface area contributed by atoms with Crippen LogP contribution in [0.5, 0.6) is 0 Å². The van der Waals surface area contributed by atoms with Gasteiger partial charge in [0.05, 0.1) is 23.0 Å². The topological polar surface area (TPSA) is 130 Å². The number of aliphatic hydroxyl groups excluding tert-OH is 1. The van der Waals surface area contributed by atoms with E-state index in [9.17, 15) is 24.8 Å². The summed E-state index contributed by atoms with van der Waals surface area (Å²) in [6.45, 7) is 0.331. The number of para-hydroxylation sites is 1. The molecule has 3 amide bonds. The molecule has 8 rings (SSSR count). The molecule has 2 heterocycles. The first-order valence-corrected chi connectivity index (χ1v) is 16.7. The second-order valence-corrected chi connectivity index (χ2v) is 14.8. The summed E-state index contributed by atoms with van der Waals surface area (Å²) in [5.74, 6) is -0.165. The summed E-state index contributed by atoms with van der Waals surface area (Å²) in [6.07, 6.45) is 6.12. The monoisotopic (exact) mass is 641 g/mol. The summed E-state index contributed by atoms with van der Waals surface area (Å²) < 4.78 is 0. The van der Waals surface area contributed by atoms with Crippen LogP contribution in [0, 0.1) is 34.0 Å². The highest BCUT2D eigenvalue weighted by Crippen LogP contribution is 2.65. The Morgan fingerprint density at radius 1 is 1.09 bits per heavy atom. The van der Waals surface area contributed by atoms with E-state index in [0.717, 1.165) is 54.1 Å². The molecular formula is C36H40ClN5O4. The Morgan fingerprint density at radius 2 is 1.80 bits per heavy atom. The molecule has 3 N–H and O–H groups in total. The Labute approximate surface area is 273 Å². The van der Waals surface area contributed by atoms with Crippen molar-refractivity contribution < 1.29 is 19.5 Å². The van der Waals surface area contributed by atoms with E-state index in [1.54, 1.807) is 22.9 Å². The predicted molar refractivity (Wildman–Crippen MR) is 173 cm³/mol. The van der Waals surface area contributed by atoms with Gasteiger partial charge in [0.15, 0.2) is 0 Å². The van der Waals surface area contributed by atoms with Crippen LogP contribution in [-0.2, 0) is 27.3 Å². The minimum Gasteiger partial charge on any atom is -0.391 e. The average Bonchev–Trinajstić information content (AvgIpc) is 3.63. The lowest BCUT2D eigenvalue weighted by molar-refractivity contribution is -0.165. The maximum absolute atomic E-state index is 14.4. The fourth-order valence-electron chi connectivity index (χ4n) is 9.45. The molecule has 4 bridgehead atoms. The average molecular weight is 642 g/mol. The highest BCUT2D eigenvalue weighted by molar-refractivity contribution is 6.31. The van der Waals surface area contributed by atoms with Crippen LogP contribution in [0.4, 0.5) is 0 Å². The van der Waals surface area contributed by atoms with E-state index in [1.807, 2.05) is 48.7 Å². The number of nitrogens with zero attached hydrogens (tertiary/aromatic N) is 3. The number of benzene rings is 2. The second-order valence-electron chi connectivity index (χ2n) is 14.4. The van der Waals surface area contributed by atoms with Crippen LogP contribution in [0.3, 0.4) is 0 Å². The molecule has 5 aliphatic rings. The summed E-state index contributed by atoms with van der Waals surface area (Å²) in [4.78, 5) is 49.0. The molecule has 5 unspecified atom stereocenters. The van der Waals surface area contributed by atoms with Crippen LogP contribution in [0.25, 0.3) is 10.9 Å². The van der Waals surface area contributed by atoms with Crippen LogP contribution < -0.4 is 5.32 Å². The molecule has 4 aliphatic carbocycles. The number of aliphatic hydroxyl groups is 1. The Bertz CT molecular complexity index is 1720. The molecule has 3 aromatic rings.